The largest absolute Gasteiger partial charge is 0.481 e. The Morgan fingerprint density at radius 3 is 2.45 bits per heavy atom. The zero-order valence-electron chi connectivity index (χ0n) is 20.2. The molecule has 8 atom stereocenters. The van der Waals surface area contributed by atoms with Gasteiger partial charge in [-0.2, -0.15) is 0 Å². The van der Waals surface area contributed by atoms with Crippen LogP contribution in [0.25, 0.3) is 0 Å². The number of esters is 1. The highest BCUT2D eigenvalue weighted by molar-refractivity contribution is 5.92. The number of aliphatic hydroxyl groups excluding tert-OH is 1. The standard InChI is InChI=1S/C26H38O7/c1-14(2)33-23(31)21-20-16(24(3)9-5-15(27)13-18(24)22(21)30)6-10-25(4)17(20)7-11-26(25,32)12-8-19(28)29/h13-14,16-17,20-22,30,32H,5-12H2,1-4H3,(H,28,29)/t16-,17-,20+,21?,22?,24+,25-,26-/m0/s1. The van der Waals surface area contributed by atoms with Gasteiger partial charge < -0.3 is 20.1 Å². The average Bonchev–Trinajstić information content (AvgIpc) is 2.99. The number of fused-ring (bicyclic) bond motifs is 5. The summed E-state index contributed by atoms with van der Waals surface area (Å²) in [6.45, 7) is 7.72. The molecule has 0 aromatic heterocycles. The van der Waals surface area contributed by atoms with E-state index >= 15 is 0 Å². The predicted octanol–water partition coefficient (Wildman–Crippen LogP) is 3.26. The van der Waals surface area contributed by atoms with Crippen molar-refractivity contribution in [1.29, 1.82) is 0 Å². The normalized spacial score (nSPS) is 44.5. The lowest BCUT2D eigenvalue weighted by molar-refractivity contribution is -0.185. The minimum atomic E-state index is -1.11. The number of ketones is 1. The van der Waals surface area contributed by atoms with Crippen LogP contribution >= 0.6 is 0 Å². The maximum absolute atomic E-state index is 13.4. The summed E-state index contributed by atoms with van der Waals surface area (Å²) in [6.07, 6.45) is 3.97. The van der Waals surface area contributed by atoms with Gasteiger partial charge in [-0.05, 0) is 92.6 Å². The summed E-state index contributed by atoms with van der Waals surface area (Å²) >= 11 is 0. The molecule has 0 saturated heterocycles. The Morgan fingerprint density at radius 1 is 1.15 bits per heavy atom. The molecule has 0 bridgehead atoms. The van der Waals surface area contributed by atoms with Crippen molar-refractivity contribution in [1.82, 2.24) is 0 Å². The monoisotopic (exact) mass is 462 g/mol. The van der Waals surface area contributed by atoms with Crippen molar-refractivity contribution in [3.05, 3.63) is 11.6 Å². The minimum Gasteiger partial charge on any atom is -0.481 e. The Bertz CT molecular complexity index is 878. The van der Waals surface area contributed by atoms with E-state index in [9.17, 15) is 29.7 Å². The Morgan fingerprint density at radius 2 is 1.82 bits per heavy atom. The second-order valence-corrected chi connectivity index (χ2v) is 11.7. The minimum absolute atomic E-state index is 0.0134. The van der Waals surface area contributed by atoms with Gasteiger partial charge in [0.2, 0.25) is 0 Å². The lowest BCUT2D eigenvalue weighted by atomic mass is 9.43. The van der Waals surface area contributed by atoms with Crippen LogP contribution < -0.4 is 0 Å². The molecule has 7 heteroatoms. The van der Waals surface area contributed by atoms with Gasteiger partial charge in [-0.1, -0.05) is 13.8 Å². The second-order valence-electron chi connectivity index (χ2n) is 11.7. The summed E-state index contributed by atoms with van der Waals surface area (Å²) in [4.78, 5) is 36.9. The summed E-state index contributed by atoms with van der Waals surface area (Å²) in [5.74, 6) is -2.33. The van der Waals surface area contributed by atoms with Crippen molar-refractivity contribution in [2.45, 2.75) is 96.9 Å². The van der Waals surface area contributed by atoms with Crippen LogP contribution in [0.2, 0.25) is 0 Å². The van der Waals surface area contributed by atoms with Crippen LogP contribution in [-0.4, -0.2) is 50.9 Å². The fourth-order valence-corrected chi connectivity index (χ4v) is 8.04. The van der Waals surface area contributed by atoms with Gasteiger partial charge in [0.25, 0.3) is 0 Å². The number of carboxylic acids is 1. The van der Waals surface area contributed by atoms with Crippen LogP contribution in [0, 0.1) is 34.5 Å². The zero-order chi connectivity index (χ0) is 24.3. The van der Waals surface area contributed by atoms with Crippen LogP contribution in [0.1, 0.15) is 79.1 Å². The number of ether oxygens (including phenoxy) is 1. The Labute approximate surface area is 195 Å². The first-order chi connectivity index (χ1) is 15.3. The van der Waals surface area contributed by atoms with Gasteiger partial charge >= 0.3 is 11.9 Å². The average molecular weight is 463 g/mol. The molecule has 33 heavy (non-hydrogen) atoms. The molecule has 3 N–H and O–H groups in total. The summed E-state index contributed by atoms with van der Waals surface area (Å²) in [7, 11) is 0. The third-order valence-electron chi connectivity index (χ3n) is 9.79. The first-order valence-electron chi connectivity index (χ1n) is 12.4. The van der Waals surface area contributed by atoms with Crippen LogP contribution in [0.3, 0.4) is 0 Å². The fourth-order valence-electron chi connectivity index (χ4n) is 8.04. The molecule has 4 aliphatic rings. The van der Waals surface area contributed by atoms with E-state index in [-0.39, 0.29) is 47.9 Å². The summed E-state index contributed by atoms with van der Waals surface area (Å²) < 4.78 is 5.61. The van der Waals surface area contributed by atoms with Gasteiger partial charge in [0.1, 0.15) is 0 Å². The summed E-state index contributed by atoms with van der Waals surface area (Å²) in [5, 5.41) is 32.4. The molecule has 3 saturated carbocycles. The first kappa shape index (κ1) is 24.4. The molecule has 184 valence electrons. The van der Waals surface area contributed by atoms with E-state index in [0.29, 0.717) is 31.3 Å². The maximum atomic E-state index is 13.4. The molecule has 3 fully saturated rings. The maximum Gasteiger partial charge on any atom is 0.312 e. The zero-order valence-corrected chi connectivity index (χ0v) is 20.2. The highest BCUT2D eigenvalue weighted by Gasteiger charge is 2.68. The van der Waals surface area contributed by atoms with Crippen molar-refractivity contribution in [2.24, 2.45) is 34.5 Å². The lowest BCUT2D eigenvalue weighted by Gasteiger charge is -2.61. The SMILES string of the molecule is CC(C)OC(=O)C1C(O)C2=CC(=O)CC[C@]2(C)[C@H]2CC[C@@]3(C)[C@@H](CC[C@]3(O)CCC(=O)O)[C@H]12. The van der Waals surface area contributed by atoms with Gasteiger partial charge in [0.05, 0.1) is 23.7 Å². The molecule has 0 spiro atoms. The van der Waals surface area contributed by atoms with Crippen molar-refractivity contribution < 1.29 is 34.4 Å². The molecule has 0 aromatic rings. The van der Waals surface area contributed by atoms with Crippen molar-refractivity contribution >= 4 is 17.7 Å². The van der Waals surface area contributed by atoms with Crippen LogP contribution in [0.5, 0.6) is 0 Å². The molecule has 0 radical (unpaired) electrons. The highest BCUT2D eigenvalue weighted by atomic mass is 16.5. The van der Waals surface area contributed by atoms with E-state index in [2.05, 4.69) is 6.92 Å². The number of hydrogen-bond donors (Lipinski definition) is 3. The number of carbonyl (C=O) groups excluding carboxylic acids is 2. The number of carbonyl (C=O) groups is 3. The van der Waals surface area contributed by atoms with E-state index in [1.54, 1.807) is 19.9 Å². The quantitative estimate of drug-likeness (QED) is 0.536. The third-order valence-corrected chi connectivity index (χ3v) is 9.79. The van der Waals surface area contributed by atoms with Crippen LogP contribution in [0.4, 0.5) is 0 Å². The number of hydrogen-bond acceptors (Lipinski definition) is 6. The van der Waals surface area contributed by atoms with Crippen molar-refractivity contribution in [3.8, 4) is 0 Å². The van der Waals surface area contributed by atoms with E-state index < -0.39 is 35.0 Å². The van der Waals surface area contributed by atoms with Gasteiger partial charge in [-0.25, -0.2) is 0 Å². The molecule has 7 nitrogen and oxygen atoms in total. The molecule has 4 aliphatic carbocycles. The summed E-state index contributed by atoms with van der Waals surface area (Å²) in [5.41, 5.74) is -1.37. The van der Waals surface area contributed by atoms with Gasteiger partial charge in [-0.3, -0.25) is 14.4 Å². The van der Waals surface area contributed by atoms with Gasteiger partial charge in [0.15, 0.2) is 5.78 Å². The number of carboxylic acid groups (broad SMARTS) is 1. The van der Waals surface area contributed by atoms with Crippen LogP contribution in [0.15, 0.2) is 11.6 Å². The third kappa shape index (κ3) is 3.66. The van der Waals surface area contributed by atoms with Gasteiger partial charge in [0, 0.05) is 12.8 Å². The molecular weight excluding hydrogens is 424 g/mol. The smallest absolute Gasteiger partial charge is 0.312 e. The molecular formula is C26H38O7. The summed E-state index contributed by atoms with van der Waals surface area (Å²) in [6, 6.07) is 0. The Kier molecular flexibility index (Phi) is 6.06. The van der Waals surface area contributed by atoms with Crippen molar-refractivity contribution in [2.75, 3.05) is 0 Å². The molecule has 2 unspecified atom stereocenters. The molecule has 0 aromatic carbocycles. The second kappa shape index (κ2) is 8.19. The Hall–Kier alpha value is -1.73. The molecule has 4 rings (SSSR count). The molecule has 0 heterocycles. The van der Waals surface area contributed by atoms with E-state index in [1.807, 2.05) is 6.92 Å². The topological polar surface area (TPSA) is 121 Å². The molecule has 0 amide bonds. The first-order valence-corrected chi connectivity index (χ1v) is 12.4. The lowest BCUT2D eigenvalue weighted by Crippen LogP contribution is -2.61. The number of aliphatic hydroxyl groups is 2. The van der Waals surface area contributed by atoms with Crippen LogP contribution in [-0.2, 0) is 19.1 Å². The molecule has 0 aliphatic heterocycles. The van der Waals surface area contributed by atoms with Gasteiger partial charge in [-0.15, -0.1) is 0 Å². The highest BCUT2D eigenvalue weighted by Crippen LogP contribution is 2.69. The van der Waals surface area contributed by atoms with E-state index in [0.717, 1.165) is 12.8 Å². The van der Waals surface area contributed by atoms with E-state index in [4.69, 9.17) is 4.74 Å². The Balaban J connectivity index is 1.78. The number of aliphatic carboxylic acids is 1. The number of rotatable bonds is 5. The van der Waals surface area contributed by atoms with Crippen molar-refractivity contribution in [3.63, 3.8) is 0 Å². The van der Waals surface area contributed by atoms with E-state index in [1.165, 1.54) is 0 Å². The predicted molar refractivity (Wildman–Crippen MR) is 120 cm³/mol. The fraction of sp³-hybridized carbons (Fsp3) is 0.808.